The van der Waals surface area contributed by atoms with Crippen molar-refractivity contribution in [3.63, 3.8) is 0 Å². The third kappa shape index (κ3) is 2.38. The van der Waals surface area contributed by atoms with Gasteiger partial charge in [-0.15, -0.1) is 0 Å². The second-order valence-electron chi connectivity index (χ2n) is 2.80. The van der Waals surface area contributed by atoms with Crippen LogP contribution in [0.2, 0.25) is 0 Å². The van der Waals surface area contributed by atoms with E-state index in [2.05, 4.69) is 0 Å². The van der Waals surface area contributed by atoms with Gasteiger partial charge in [0.05, 0.1) is 0 Å². The van der Waals surface area contributed by atoms with Crippen LogP contribution in [0, 0.1) is 6.92 Å². The molecule has 0 spiro atoms. The number of carbonyl (C=O) groups excluding carboxylic acids is 1. The van der Waals surface area contributed by atoms with Gasteiger partial charge in [0.15, 0.2) is 0 Å². The normalized spacial score (nSPS) is 9.75. The maximum atomic E-state index is 10.2. The van der Waals surface area contributed by atoms with Crippen LogP contribution in [-0.2, 0) is 11.2 Å². The first-order chi connectivity index (χ1) is 5.70. The minimum absolute atomic E-state index is 0.102. The molecule has 0 aliphatic carbocycles. The standard InChI is InChI=1S/C10H12O2/c1-8-4-2-3-5-9(8)6-7-10(11)12/h2-5H,6-7H2,1H3,(H,11,12)/p-1. The van der Waals surface area contributed by atoms with Crippen LogP contribution in [0.1, 0.15) is 17.5 Å². The number of carboxylic acids is 1. The van der Waals surface area contributed by atoms with Gasteiger partial charge >= 0.3 is 0 Å². The Kier molecular flexibility index (Phi) is 2.86. The summed E-state index contributed by atoms with van der Waals surface area (Å²) < 4.78 is 0. The first kappa shape index (κ1) is 8.78. The molecule has 0 aromatic heterocycles. The van der Waals surface area contributed by atoms with Crippen LogP contribution in [0.4, 0.5) is 0 Å². The highest BCUT2D eigenvalue weighted by molar-refractivity contribution is 5.64. The van der Waals surface area contributed by atoms with Crippen LogP contribution in [0.3, 0.4) is 0 Å². The molecule has 0 amide bonds. The van der Waals surface area contributed by atoms with E-state index < -0.39 is 5.97 Å². The van der Waals surface area contributed by atoms with E-state index in [-0.39, 0.29) is 6.42 Å². The fourth-order valence-electron chi connectivity index (χ4n) is 1.13. The zero-order chi connectivity index (χ0) is 8.97. The van der Waals surface area contributed by atoms with E-state index in [1.807, 2.05) is 31.2 Å². The van der Waals surface area contributed by atoms with Crippen molar-refractivity contribution in [3.8, 4) is 0 Å². The average Bonchev–Trinajstić information content (AvgIpc) is 2.03. The summed E-state index contributed by atoms with van der Waals surface area (Å²) >= 11 is 0. The smallest absolute Gasteiger partial charge is 0.0417 e. The molecule has 0 saturated carbocycles. The first-order valence-electron chi connectivity index (χ1n) is 3.94. The molecular formula is C10H11O2-. The van der Waals surface area contributed by atoms with Gasteiger partial charge in [-0.1, -0.05) is 24.3 Å². The molecule has 0 unspecified atom stereocenters. The molecule has 0 aliphatic heterocycles. The molecule has 1 aromatic carbocycles. The van der Waals surface area contributed by atoms with E-state index in [1.54, 1.807) is 0 Å². The number of aliphatic carboxylic acids is 1. The molecule has 0 atom stereocenters. The predicted octanol–water partition coefficient (Wildman–Crippen LogP) is 0.678. The Hall–Kier alpha value is -1.31. The lowest BCUT2D eigenvalue weighted by Gasteiger charge is -2.05. The lowest BCUT2D eigenvalue weighted by Crippen LogP contribution is -2.22. The summed E-state index contributed by atoms with van der Waals surface area (Å²) in [6.45, 7) is 1.98. The van der Waals surface area contributed by atoms with Crippen molar-refractivity contribution < 1.29 is 9.90 Å². The fourth-order valence-corrected chi connectivity index (χ4v) is 1.13. The van der Waals surface area contributed by atoms with E-state index in [0.717, 1.165) is 11.1 Å². The highest BCUT2D eigenvalue weighted by Gasteiger charge is 1.95. The van der Waals surface area contributed by atoms with Gasteiger partial charge < -0.3 is 9.90 Å². The highest BCUT2D eigenvalue weighted by Crippen LogP contribution is 2.08. The molecule has 0 fully saturated rings. The minimum Gasteiger partial charge on any atom is -0.550 e. The van der Waals surface area contributed by atoms with E-state index in [9.17, 15) is 9.90 Å². The highest BCUT2D eigenvalue weighted by atomic mass is 16.4. The van der Waals surface area contributed by atoms with Gasteiger partial charge in [-0.3, -0.25) is 0 Å². The van der Waals surface area contributed by atoms with Crippen molar-refractivity contribution >= 4 is 5.97 Å². The van der Waals surface area contributed by atoms with E-state index in [1.165, 1.54) is 0 Å². The molecule has 0 aliphatic rings. The van der Waals surface area contributed by atoms with Gasteiger partial charge in [-0.25, -0.2) is 0 Å². The van der Waals surface area contributed by atoms with Crippen LogP contribution in [-0.4, -0.2) is 5.97 Å². The third-order valence-corrected chi connectivity index (χ3v) is 1.86. The van der Waals surface area contributed by atoms with Gasteiger partial charge in [-0.2, -0.15) is 0 Å². The molecule has 1 rings (SSSR count). The largest absolute Gasteiger partial charge is 0.550 e. The summed E-state index contributed by atoms with van der Waals surface area (Å²) in [4.78, 5) is 10.2. The van der Waals surface area contributed by atoms with Crippen LogP contribution < -0.4 is 5.11 Å². The Morgan fingerprint density at radius 2 is 2.08 bits per heavy atom. The quantitative estimate of drug-likeness (QED) is 0.657. The van der Waals surface area contributed by atoms with E-state index in [4.69, 9.17) is 0 Å². The SMILES string of the molecule is Cc1ccccc1CCC(=O)[O-]. The molecule has 0 bridgehead atoms. The van der Waals surface area contributed by atoms with E-state index in [0.29, 0.717) is 6.42 Å². The first-order valence-corrected chi connectivity index (χ1v) is 3.94. The summed E-state index contributed by atoms with van der Waals surface area (Å²) in [5.74, 6) is -0.988. The number of carboxylic acid groups (broad SMARTS) is 1. The topological polar surface area (TPSA) is 40.1 Å². The van der Waals surface area contributed by atoms with Crippen LogP contribution in [0.15, 0.2) is 24.3 Å². The van der Waals surface area contributed by atoms with Crippen LogP contribution >= 0.6 is 0 Å². The second-order valence-corrected chi connectivity index (χ2v) is 2.80. The molecule has 2 heteroatoms. The lowest BCUT2D eigenvalue weighted by molar-refractivity contribution is -0.305. The van der Waals surface area contributed by atoms with Gasteiger partial charge in [0.2, 0.25) is 0 Å². The molecule has 64 valence electrons. The third-order valence-electron chi connectivity index (χ3n) is 1.86. The van der Waals surface area contributed by atoms with Crippen molar-refractivity contribution in [2.45, 2.75) is 19.8 Å². The zero-order valence-corrected chi connectivity index (χ0v) is 7.04. The van der Waals surface area contributed by atoms with Crippen molar-refractivity contribution in [2.75, 3.05) is 0 Å². The molecule has 0 heterocycles. The molecule has 1 aromatic rings. The summed E-state index contributed by atoms with van der Waals surface area (Å²) in [5, 5.41) is 10.2. The summed E-state index contributed by atoms with van der Waals surface area (Å²) in [7, 11) is 0. The van der Waals surface area contributed by atoms with Gasteiger partial charge in [0.1, 0.15) is 0 Å². The predicted molar refractivity (Wildman–Crippen MR) is 44.5 cm³/mol. The maximum absolute atomic E-state index is 10.2. The average molecular weight is 163 g/mol. The van der Waals surface area contributed by atoms with Crippen molar-refractivity contribution in [1.82, 2.24) is 0 Å². The number of aryl methyl sites for hydroxylation is 2. The molecule has 12 heavy (non-hydrogen) atoms. The van der Waals surface area contributed by atoms with Crippen molar-refractivity contribution in [3.05, 3.63) is 35.4 Å². The molecule has 0 saturated heterocycles. The maximum Gasteiger partial charge on any atom is 0.0417 e. The van der Waals surface area contributed by atoms with Gasteiger partial charge in [-0.05, 0) is 30.9 Å². The molecular weight excluding hydrogens is 152 g/mol. The zero-order valence-electron chi connectivity index (χ0n) is 7.04. The van der Waals surface area contributed by atoms with Crippen molar-refractivity contribution in [2.24, 2.45) is 0 Å². The fraction of sp³-hybridized carbons (Fsp3) is 0.300. The lowest BCUT2D eigenvalue weighted by atomic mass is 10.0. The summed E-state index contributed by atoms with van der Waals surface area (Å²) in [5.41, 5.74) is 2.22. The molecule has 0 N–H and O–H groups in total. The van der Waals surface area contributed by atoms with Gasteiger partial charge in [0.25, 0.3) is 0 Å². The Labute approximate surface area is 71.8 Å². The Morgan fingerprint density at radius 1 is 1.42 bits per heavy atom. The number of carbonyl (C=O) groups is 1. The Morgan fingerprint density at radius 3 is 2.67 bits per heavy atom. The minimum atomic E-state index is -0.988. The second kappa shape index (κ2) is 3.90. The Bertz CT molecular complexity index is 279. The number of rotatable bonds is 3. The number of benzene rings is 1. The van der Waals surface area contributed by atoms with Crippen LogP contribution in [0.5, 0.6) is 0 Å². The monoisotopic (exact) mass is 163 g/mol. The van der Waals surface area contributed by atoms with Crippen molar-refractivity contribution in [1.29, 1.82) is 0 Å². The number of hydrogen-bond acceptors (Lipinski definition) is 2. The van der Waals surface area contributed by atoms with Gasteiger partial charge in [0, 0.05) is 5.97 Å². The molecule has 0 radical (unpaired) electrons. The Balaban J connectivity index is 2.63. The summed E-state index contributed by atoms with van der Waals surface area (Å²) in [6, 6.07) is 7.78. The number of hydrogen-bond donors (Lipinski definition) is 0. The summed E-state index contributed by atoms with van der Waals surface area (Å²) in [6.07, 6.45) is 0.667. The molecule has 2 nitrogen and oxygen atoms in total. The van der Waals surface area contributed by atoms with E-state index >= 15 is 0 Å². The van der Waals surface area contributed by atoms with Crippen LogP contribution in [0.25, 0.3) is 0 Å².